The first kappa shape index (κ1) is 12.7. The highest BCUT2D eigenvalue weighted by atomic mass is 16.4. The number of nitrogens with zero attached hydrogens (tertiary/aromatic N) is 2. The van der Waals surface area contributed by atoms with Crippen molar-refractivity contribution < 1.29 is 19.8 Å². The number of aromatic carboxylic acids is 2. The molecular formula is C13H10N2O4. The molecule has 0 atom stereocenters. The van der Waals surface area contributed by atoms with Crippen molar-refractivity contribution in [3.8, 4) is 11.4 Å². The highest BCUT2D eigenvalue weighted by Gasteiger charge is 2.22. The second-order valence-corrected chi connectivity index (χ2v) is 3.83. The Balaban J connectivity index is 2.68. The van der Waals surface area contributed by atoms with E-state index in [1.165, 1.54) is 6.92 Å². The van der Waals surface area contributed by atoms with Crippen LogP contribution in [-0.4, -0.2) is 32.1 Å². The molecule has 0 saturated carbocycles. The van der Waals surface area contributed by atoms with Crippen LogP contribution >= 0.6 is 0 Å². The molecule has 1 heterocycles. The lowest BCUT2D eigenvalue weighted by Gasteiger charge is -2.07. The van der Waals surface area contributed by atoms with Gasteiger partial charge in [-0.15, -0.1) is 0 Å². The SMILES string of the molecule is Cc1nc(-c2ccccc2)nc(C(=O)O)c1C(=O)O. The maximum absolute atomic E-state index is 11.1. The minimum atomic E-state index is -1.39. The standard InChI is InChI=1S/C13H10N2O4/c1-7-9(12(16)17)10(13(18)19)15-11(14-7)8-5-3-2-4-6-8/h2-6H,1H3,(H,16,17)(H,18,19). The normalized spacial score (nSPS) is 10.2. The molecule has 0 unspecified atom stereocenters. The molecule has 0 saturated heterocycles. The van der Waals surface area contributed by atoms with Gasteiger partial charge in [-0.05, 0) is 6.92 Å². The van der Waals surface area contributed by atoms with E-state index in [-0.39, 0.29) is 17.1 Å². The molecule has 2 aromatic rings. The molecule has 6 nitrogen and oxygen atoms in total. The number of benzene rings is 1. The first-order valence-corrected chi connectivity index (χ1v) is 5.41. The summed E-state index contributed by atoms with van der Waals surface area (Å²) in [6, 6.07) is 8.78. The molecule has 0 aliphatic carbocycles. The average Bonchev–Trinajstić information content (AvgIpc) is 2.38. The van der Waals surface area contributed by atoms with Gasteiger partial charge in [0.2, 0.25) is 0 Å². The maximum atomic E-state index is 11.1. The van der Waals surface area contributed by atoms with Crippen molar-refractivity contribution >= 4 is 11.9 Å². The molecule has 19 heavy (non-hydrogen) atoms. The number of aromatic nitrogens is 2. The zero-order chi connectivity index (χ0) is 14.0. The minimum absolute atomic E-state index is 0.124. The summed E-state index contributed by atoms with van der Waals surface area (Å²) >= 11 is 0. The summed E-state index contributed by atoms with van der Waals surface area (Å²) in [4.78, 5) is 30.0. The van der Waals surface area contributed by atoms with E-state index in [1.807, 2.05) is 0 Å². The highest BCUT2D eigenvalue weighted by Crippen LogP contribution is 2.19. The third-order valence-electron chi connectivity index (χ3n) is 2.54. The number of rotatable bonds is 3. The Hall–Kier alpha value is -2.76. The summed E-state index contributed by atoms with van der Waals surface area (Å²) in [6.45, 7) is 1.45. The highest BCUT2D eigenvalue weighted by molar-refractivity contribution is 6.01. The number of hydrogen-bond acceptors (Lipinski definition) is 4. The molecule has 2 N–H and O–H groups in total. The van der Waals surface area contributed by atoms with Crippen LogP contribution in [0.5, 0.6) is 0 Å². The van der Waals surface area contributed by atoms with Gasteiger partial charge in [0.25, 0.3) is 0 Å². The van der Waals surface area contributed by atoms with E-state index in [1.54, 1.807) is 30.3 Å². The molecule has 0 amide bonds. The van der Waals surface area contributed by atoms with Gasteiger partial charge in [-0.2, -0.15) is 0 Å². The van der Waals surface area contributed by atoms with Crippen LogP contribution in [0.1, 0.15) is 26.5 Å². The third kappa shape index (κ3) is 2.42. The summed E-state index contributed by atoms with van der Waals surface area (Å²) in [6.07, 6.45) is 0. The van der Waals surface area contributed by atoms with Crippen molar-refractivity contribution in [3.05, 3.63) is 47.3 Å². The summed E-state index contributed by atoms with van der Waals surface area (Å²) in [5, 5.41) is 18.1. The van der Waals surface area contributed by atoms with Gasteiger partial charge >= 0.3 is 11.9 Å². The summed E-state index contributed by atoms with van der Waals surface area (Å²) in [5.41, 5.74) is -0.130. The molecule has 0 spiro atoms. The Morgan fingerprint density at radius 2 is 1.63 bits per heavy atom. The van der Waals surface area contributed by atoms with Crippen LogP contribution in [-0.2, 0) is 0 Å². The summed E-state index contributed by atoms with van der Waals surface area (Å²) in [7, 11) is 0. The van der Waals surface area contributed by atoms with Gasteiger partial charge in [0.05, 0.1) is 5.69 Å². The number of carboxylic acids is 2. The molecule has 0 aliphatic heterocycles. The average molecular weight is 258 g/mol. The van der Waals surface area contributed by atoms with Crippen molar-refractivity contribution in [1.29, 1.82) is 0 Å². The Morgan fingerprint density at radius 1 is 1.00 bits per heavy atom. The van der Waals surface area contributed by atoms with Gasteiger partial charge in [0.15, 0.2) is 11.5 Å². The zero-order valence-electron chi connectivity index (χ0n) is 9.99. The summed E-state index contributed by atoms with van der Waals surface area (Å²) < 4.78 is 0. The van der Waals surface area contributed by atoms with Crippen LogP contribution in [0.3, 0.4) is 0 Å². The van der Waals surface area contributed by atoms with E-state index in [4.69, 9.17) is 10.2 Å². The van der Waals surface area contributed by atoms with E-state index >= 15 is 0 Å². The van der Waals surface area contributed by atoms with Crippen LogP contribution in [0.15, 0.2) is 30.3 Å². The van der Waals surface area contributed by atoms with E-state index in [2.05, 4.69) is 9.97 Å². The van der Waals surface area contributed by atoms with Crippen LogP contribution < -0.4 is 0 Å². The lowest BCUT2D eigenvalue weighted by atomic mass is 10.1. The van der Waals surface area contributed by atoms with Crippen LogP contribution in [0.2, 0.25) is 0 Å². The predicted molar refractivity (Wildman–Crippen MR) is 66.1 cm³/mol. The van der Waals surface area contributed by atoms with E-state index in [0.717, 1.165) is 0 Å². The number of aryl methyl sites for hydroxylation is 1. The molecule has 1 aromatic carbocycles. The predicted octanol–water partition coefficient (Wildman–Crippen LogP) is 1.85. The molecule has 0 fully saturated rings. The topological polar surface area (TPSA) is 100 Å². The quantitative estimate of drug-likeness (QED) is 0.871. The Kier molecular flexibility index (Phi) is 3.24. The van der Waals surface area contributed by atoms with Gasteiger partial charge in [0, 0.05) is 5.56 Å². The van der Waals surface area contributed by atoms with Gasteiger partial charge < -0.3 is 10.2 Å². The van der Waals surface area contributed by atoms with Crippen molar-refractivity contribution in [2.45, 2.75) is 6.92 Å². The number of hydrogen-bond donors (Lipinski definition) is 2. The lowest BCUT2D eigenvalue weighted by molar-refractivity contribution is 0.0645. The Bertz CT molecular complexity index is 653. The second kappa shape index (κ2) is 4.85. The van der Waals surface area contributed by atoms with Crippen molar-refractivity contribution in [1.82, 2.24) is 9.97 Å². The molecule has 6 heteroatoms. The smallest absolute Gasteiger partial charge is 0.355 e. The molecular weight excluding hydrogens is 248 g/mol. The van der Waals surface area contributed by atoms with Gasteiger partial charge in [0.1, 0.15) is 5.56 Å². The van der Waals surface area contributed by atoms with Gasteiger partial charge in [-0.3, -0.25) is 0 Å². The monoisotopic (exact) mass is 258 g/mol. The minimum Gasteiger partial charge on any atom is -0.478 e. The molecule has 0 radical (unpaired) electrons. The molecule has 0 aliphatic rings. The zero-order valence-corrected chi connectivity index (χ0v) is 9.99. The van der Waals surface area contributed by atoms with Crippen LogP contribution in [0, 0.1) is 6.92 Å². The maximum Gasteiger partial charge on any atom is 0.355 e. The van der Waals surface area contributed by atoms with E-state index < -0.39 is 17.6 Å². The third-order valence-corrected chi connectivity index (χ3v) is 2.54. The molecule has 1 aromatic heterocycles. The number of carboxylic acid groups (broad SMARTS) is 2. The molecule has 2 rings (SSSR count). The van der Waals surface area contributed by atoms with Gasteiger partial charge in [-0.1, -0.05) is 30.3 Å². The van der Waals surface area contributed by atoms with E-state index in [9.17, 15) is 9.59 Å². The van der Waals surface area contributed by atoms with Crippen molar-refractivity contribution in [2.24, 2.45) is 0 Å². The fourth-order valence-corrected chi connectivity index (χ4v) is 1.70. The fourth-order valence-electron chi connectivity index (χ4n) is 1.70. The Labute approximate surface area is 108 Å². The fraction of sp³-hybridized carbons (Fsp3) is 0.0769. The summed E-state index contributed by atoms with van der Waals surface area (Å²) in [5.74, 6) is -2.55. The van der Waals surface area contributed by atoms with Crippen LogP contribution in [0.25, 0.3) is 11.4 Å². The van der Waals surface area contributed by atoms with Crippen LogP contribution in [0.4, 0.5) is 0 Å². The second-order valence-electron chi connectivity index (χ2n) is 3.83. The molecule has 0 bridgehead atoms. The first-order valence-electron chi connectivity index (χ1n) is 5.41. The Morgan fingerprint density at radius 3 is 2.16 bits per heavy atom. The van der Waals surface area contributed by atoms with Crippen molar-refractivity contribution in [3.63, 3.8) is 0 Å². The first-order chi connectivity index (χ1) is 9.00. The van der Waals surface area contributed by atoms with E-state index in [0.29, 0.717) is 5.56 Å². The van der Waals surface area contributed by atoms with Crippen molar-refractivity contribution in [2.75, 3.05) is 0 Å². The number of carbonyl (C=O) groups is 2. The van der Waals surface area contributed by atoms with Gasteiger partial charge in [-0.25, -0.2) is 19.6 Å². The lowest BCUT2D eigenvalue weighted by Crippen LogP contribution is -2.15. The largest absolute Gasteiger partial charge is 0.478 e. The molecule has 96 valence electrons.